The highest BCUT2D eigenvalue weighted by molar-refractivity contribution is 7.99. The fourth-order valence-corrected chi connectivity index (χ4v) is 2.07. The Morgan fingerprint density at radius 1 is 1.42 bits per heavy atom. The summed E-state index contributed by atoms with van der Waals surface area (Å²) in [6, 6.07) is 6.70. The summed E-state index contributed by atoms with van der Waals surface area (Å²) in [4.78, 5) is 0. The number of hydrogen-bond acceptors (Lipinski definition) is 7. The van der Waals surface area contributed by atoms with E-state index >= 15 is 0 Å². The Bertz CT molecular complexity index is 537. The van der Waals surface area contributed by atoms with Crippen LogP contribution in [-0.2, 0) is 7.05 Å². The van der Waals surface area contributed by atoms with E-state index in [9.17, 15) is 0 Å². The zero-order chi connectivity index (χ0) is 13.7. The predicted octanol–water partition coefficient (Wildman–Crippen LogP) is -0.939. The highest BCUT2D eigenvalue weighted by Crippen LogP contribution is 2.13. The summed E-state index contributed by atoms with van der Waals surface area (Å²) in [6.07, 6.45) is 0. The minimum absolute atomic E-state index is 0.405. The Morgan fingerprint density at radius 2 is 2.26 bits per heavy atom. The molecule has 1 heterocycles. The minimum atomic E-state index is -1.48. The van der Waals surface area contributed by atoms with Crippen molar-refractivity contribution in [1.29, 1.82) is 0 Å². The SMILES string of the molecule is Cn1nnnc1SCCOc1cccc(B(O)O)c1. The molecule has 0 radical (unpaired) electrons. The maximum atomic E-state index is 9.05. The topological polar surface area (TPSA) is 93.3 Å². The van der Waals surface area contributed by atoms with Crippen molar-refractivity contribution < 1.29 is 14.8 Å². The molecule has 0 aliphatic carbocycles. The third kappa shape index (κ3) is 3.95. The van der Waals surface area contributed by atoms with Crippen molar-refractivity contribution in [1.82, 2.24) is 20.2 Å². The van der Waals surface area contributed by atoms with Crippen molar-refractivity contribution in [2.45, 2.75) is 5.16 Å². The molecular formula is C10H13BN4O3S. The van der Waals surface area contributed by atoms with Crippen molar-refractivity contribution in [3.05, 3.63) is 24.3 Å². The van der Waals surface area contributed by atoms with Gasteiger partial charge in [0.25, 0.3) is 0 Å². The van der Waals surface area contributed by atoms with E-state index in [1.54, 1.807) is 36.0 Å². The molecule has 100 valence electrons. The number of benzene rings is 1. The third-order valence-corrected chi connectivity index (χ3v) is 3.30. The molecule has 0 spiro atoms. The van der Waals surface area contributed by atoms with Crippen molar-refractivity contribution in [3.8, 4) is 5.75 Å². The van der Waals surface area contributed by atoms with Crippen LogP contribution < -0.4 is 10.2 Å². The van der Waals surface area contributed by atoms with E-state index in [1.165, 1.54) is 11.8 Å². The van der Waals surface area contributed by atoms with Crippen LogP contribution in [0.25, 0.3) is 0 Å². The average Bonchev–Trinajstić information content (AvgIpc) is 2.81. The number of hydrogen-bond donors (Lipinski definition) is 2. The summed E-state index contributed by atoms with van der Waals surface area (Å²) in [6.45, 7) is 0.475. The van der Waals surface area contributed by atoms with Crippen molar-refractivity contribution in [2.75, 3.05) is 12.4 Å². The molecule has 2 rings (SSSR count). The third-order valence-electron chi connectivity index (χ3n) is 2.32. The molecule has 0 atom stereocenters. The zero-order valence-electron chi connectivity index (χ0n) is 10.3. The van der Waals surface area contributed by atoms with Gasteiger partial charge < -0.3 is 14.8 Å². The van der Waals surface area contributed by atoms with Gasteiger partial charge in [0.1, 0.15) is 5.75 Å². The van der Waals surface area contributed by atoms with Crippen LogP contribution >= 0.6 is 11.8 Å². The van der Waals surface area contributed by atoms with Crippen LogP contribution in [0.1, 0.15) is 0 Å². The van der Waals surface area contributed by atoms with Gasteiger partial charge in [0.05, 0.1) is 6.61 Å². The first kappa shape index (κ1) is 13.8. The zero-order valence-corrected chi connectivity index (χ0v) is 11.1. The molecular weight excluding hydrogens is 267 g/mol. The Balaban J connectivity index is 1.79. The summed E-state index contributed by atoms with van der Waals surface area (Å²) >= 11 is 1.49. The van der Waals surface area contributed by atoms with E-state index in [0.29, 0.717) is 23.6 Å². The molecule has 0 unspecified atom stereocenters. The standard InChI is InChI=1S/C10H13BN4O3S/c1-15-10(12-13-14-15)19-6-5-18-9-4-2-3-8(7-9)11(16)17/h2-4,7,16-17H,5-6H2,1H3. The van der Waals surface area contributed by atoms with Gasteiger partial charge in [0.15, 0.2) is 0 Å². The molecule has 2 aromatic rings. The molecule has 0 saturated heterocycles. The van der Waals surface area contributed by atoms with Gasteiger partial charge in [-0.1, -0.05) is 23.9 Å². The van der Waals surface area contributed by atoms with E-state index in [2.05, 4.69) is 15.5 Å². The molecule has 0 bridgehead atoms. The smallest absolute Gasteiger partial charge is 0.488 e. The van der Waals surface area contributed by atoms with Crippen LogP contribution in [0.2, 0.25) is 0 Å². The molecule has 0 amide bonds. The predicted molar refractivity (Wildman–Crippen MR) is 71.3 cm³/mol. The van der Waals surface area contributed by atoms with Gasteiger partial charge in [-0.2, -0.15) is 0 Å². The highest BCUT2D eigenvalue weighted by Gasteiger charge is 2.11. The van der Waals surface area contributed by atoms with Crippen LogP contribution in [0.3, 0.4) is 0 Å². The Hall–Kier alpha value is -1.58. The van der Waals surface area contributed by atoms with Gasteiger partial charge in [0, 0.05) is 12.8 Å². The van der Waals surface area contributed by atoms with Crippen molar-refractivity contribution >= 4 is 24.3 Å². The molecule has 7 nitrogen and oxygen atoms in total. The lowest BCUT2D eigenvalue weighted by Gasteiger charge is -2.07. The number of aryl methyl sites for hydroxylation is 1. The number of aromatic nitrogens is 4. The van der Waals surface area contributed by atoms with E-state index in [4.69, 9.17) is 14.8 Å². The maximum absolute atomic E-state index is 9.05. The van der Waals surface area contributed by atoms with Crippen LogP contribution in [-0.4, -0.2) is 49.7 Å². The minimum Gasteiger partial charge on any atom is -0.493 e. The fourth-order valence-electron chi connectivity index (χ4n) is 1.40. The van der Waals surface area contributed by atoms with Gasteiger partial charge in [-0.3, -0.25) is 0 Å². The number of ether oxygens (including phenoxy) is 1. The van der Waals surface area contributed by atoms with E-state index in [-0.39, 0.29) is 0 Å². The lowest BCUT2D eigenvalue weighted by atomic mass is 9.80. The summed E-state index contributed by atoms with van der Waals surface area (Å²) in [5.74, 6) is 1.29. The Labute approximate surface area is 114 Å². The molecule has 19 heavy (non-hydrogen) atoms. The first-order chi connectivity index (χ1) is 9.16. The molecule has 0 saturated carbocycles. The average molecular weight is 280 g/mol. The van der Waals surface area contributed by atoms with E-state index < -0.39 is 7.12 Å². The summed E-state index contributed by atoms with van der Waals surface area (Å²) in [5.41, 5.74) is 0.405. The first-order valence-corrected chi connectivity index (χ1v) is 6.59. The van der Waals surface area contributed by atoms with Crippen LogP contribution in [0.15, 0.2) is 29.4 Å². The summed E-state index contributed by atoms with van der Waals surface area (Å²) in [7, 11) is 0.289. The Kier molecular flexibility index (Phi) is 4.77. The van der Waals surface area contributed by atoms with Crippen LogP contribution in [0.5, 0.6) is 5.75 Å². The molecule has 2 N–H and O–H groups in total. The molecule has 9 heteroatoms. The quantitative estimate of drug-likeness (QED) is 0.401. The number of nitrogens with zero attached hydrogens (tertiary/aromatic N) is 4. The number of tetrazole rings is 1. The number of thioether (sulfide) groups is 1. The van der Waals surface area contributed by atoms with Crippen molar-refractivity contribution in [2.24, 2.45) is 7.05 Å². The van der Waals surface area contributed by atoms with Gasteiger partial charge in [0.2, 0.25) is 5.16 Å². The van der Waals surface area contributed by atoms with Gasteiger partial charge in [-0.15, -0.1) is 5.10 Å². The van der Waals surface area contributed by atoms with Crippen LogP contribution in [0.4, 0.5) is 0 Å². The van der Waals surface area contributed by atoms with Gasteiger partial charge in [-0.25, -0.2) is 4.68 Å². The Morgan fingerprint density at radius 3 is 2.95 bits per heavy atom. The molecule has 0 aliphatic rings. The first-order valence-electron chi connectivity index (χ1n) is 5.61. The molecule has 1 aromatic heterocycles. The van der Waals surface area contributed by atoms with E-state index in [0.717, 1.165) is 5.16 Å². The maximum Gasteiger partial charge on any atom is 0.488 e. The van der Waals surface area contributed by atoms with E-state index in [1.807, 2.05) is 0 Å². The largest absolute Gasteiger partial charge is 0.493 e. The second-order valence-corrected chi connectivity index (χ2v) is 4.79. The lowest BCUT2D eigenvalue weighted by molar-refractivity contribution is 0.343. The van der Waals surface area contributed by atoms with Gasteiger partial charge in [-0.05, 0) is 28.0 Å². The second kappa shape index (κ2) is 6.55. The summed E-state index contributed by atoms with van der Waals surface area (Å²) in [5, 5.41) is 29.9. The van der Waals surface area contributed by atoms with Crippen LogP contribution in [0, 0.1) is 0 Å². The fraction of sp³-hybridized carbons (Fsp3) is 0.300. The highest BCUT2D eigenvalue weighted by atomic mass is 32.2. The number of rotatable bonds is 6. The van der Waals surface area contributed by atoms with Gasteiger partial charge >= 0.3 is 7.12 Å². The monoisotopic (exact) mass is 280 g/mol. The van der Waals surface area contributed by atoms with Crippen molar-refractivity contribution in [3.63, 3.8) is 0 Å². The summed E-state index contributed by atoms with van der Waals surface area (Å²) < 4.78 is 7.10. The lowest BCUT2D eigenvalue weighted by Crippen LogP contribution is -2.29. The molecule has 0 aliphatic heterocycles. The molecule has 0 fully saturated rings. The second-order valence-electron chi connectivity index (χ2n) is 3.73. The normalized spacial score (nSPS) is 10.5. The molecule has 1 aromatic carbocycles.